The number of nitrogens with one attached hydrogen (secondary N) is 5. The molecular formula is C48H54F2N10O8. The van der Waals surface area contributed by atoms with E-state index in [0.29, 0.717) is 111 Å². The van der Waals surface area contributed by atoms with Gasteiger partial charge in [-0.15, -0.1) is 0 Å². The van der Waals surface area contributed by atoms with Crippen LogP contribution >= 0.6 is 0 Å². The number of carbonyl (C=O) groups is 5. The number of benzene rings is 3. The van der Waals surface area contributed by atoms with E-state index in [1.54, 1.807) is 42.7 Å². The van der Waals surface area contributed by atoms with Crippen molar-refractivity contribution in [2.24, 2.45) is 0 Å². The van der Waals surface area contributed by atoms with Gasteiger partial charge in [-0.3, -0.25) is 49.0 Å². The zero-order valence-electron chi connectivity index (χ0n) is 37.5. The van der Waals surface area contributed by atoms with Crippen molar-refractivity contribution in [2.45, 2.75) is 44.3 Å². The molecule has 4 aliphatic heterocycles. The maximum absolute atomic E-state index is 15.4. The van der Waals surface area contributed by atoms with Crippen molar-refractivity contribution in [3.8, 4) is 11.1 Å². The molecule has 5 heterocycles. The van der Waals surface area contributed by atoms with Gasteiger partial charge in [0.25, 0.3) is 11.8 Å². The minimum atomic E-state index is -1.04. The number of para-hydroxylation sites is 1. The number of anilines is 1. The molecule has 0 radical (unpaired) electrons. The summed E-state index contributed by atoms with van der Waals surface area (Å²) in [6.07, 6.45) is 6.18. The van der Waals surface area contributed by atoms with E-state index in [2.05, 4.69) is 31.2 Å². The van der Waals surface area contributed by atoms with Crippen molar-refractivity contribution in [1.82, 2.24) is 40.6 Å². The summed E-state index contributed by atoms with van der Waals surface area (Å²) in [4.78, 5) is 77.3. The van der Waals surface area contributed by atoms with Gasteiger partial charge in [0.1, 0.15) is 17.7 Å². The van der Waals surface area contributed by atoms with Crippen LogP contribution in [0.3, 0.4) is 0 Å². The minimum Gasteiger partial charge on any atom is -0.387 e. The molecule has 20 heteroatoms. The standard InChI is InChI=1S/C48H54F2N10O8/c49-36-23-30(24-37(50)35(36)28-59-15-19-68-20-16-59)33-3-1-6-39-45(33)56-40(27-55-39)31(25-51)26-54-32-9-13-58(14-10-32)29-43(62)53-12-18-67-22-21-66-17-11-52-38-5-2-4-34-44(38)48(65)60(47(34)64)41-7-8-42(61)57-46(41)63/h1-6,23-27,32,41,51-52,54H,7-22,28-29H2,(H,53,62)(H,57,61,63)/b31-26+,51-25?. The van der Waals surface area contributed by atoms with E-state index in [4.69, 9.17) is 24.6 Å². The molecule has 4 aliphatic rings. The summed E-state index contributed by atoms with van der Waals surface area (Å²) >= 11 is 0. The molecule has 1 unspecified atom stereocenters. The largest absolute Gasteiger partial charge is 0.387 e. The molecular weight excluding hydrogens is 883 g/mol. The number of allylic oxidation sites excluding steroid dienone is 1. The number of piperidine rings is 2. The van der Waals surface area contributed by atoms with Crippen LogP contribution in [0.25, 0.3) is 27.7 Å². The lowest BCUT2D eigenvalue weighted by Gasteiger charge is -2.31. The first kappa shape index (κ1) is 47.9. The fraction of sp³-hybridized carbons (Fsp3) is 0.417. The van der Waals surface area contributed by atoms with E-state index in [0.717, 1.165) is 17.7 Å². The third kappa shape index (κ3) is 11.4. The van der Waals surface area contributed by atoms with Gasteiger partial charge in [0, 0.05) is 93.1 Å². The summed E-state index contributed by atoms with van der Waals surface area (Å²) in [7, 11) is 0. The molecule has 5 N–H and O–H groups in total. The molecule has 18 nitrogen and oxygen atoms in total. The average molecular weight is 937 g/mol. The lowest BCUT2D eigenvalue weighted by atomic mass is 10.0. The summed E-state index contributed by atoms with van der Waals surface area (Å²) in [5.41, 5.74) is 3.66. The average Bonchev–Trinajstić information content (AvgIpc) is 3.60. The van der Waals surface area contributed by atoms with Gasteiger partial charge in [-0.25, -0.2) is 13.8 Å². The molecule has 1 atom stereocenters. The molecule has 0 aliphatic carbocycles. The number of aromatic nitrogens is 2. The highest BCUT2D eigenvalue weighted by Crippen LogP contribution is 2.33. The van der Waals surface area contributed by atoms with Gasteiger partial charge in [0.2, 0.25) is 17.7 Å². The van der Waals surface area contributed by atoms with Gasteiger partial charge >= 0.3 is 0 Å². The number of rotatable bonds is 20. The first-order chi connectivity index (χ1) is 33.1. The van der Waals surface area contributed by atoms with Crippen LogP contribution in [0.1, 0.15) is 57.7 Å². The fourth-order valence-corrected chi connectivity index (χ4v) is 8.72. The lowest BCUT2D eigenvalue weighted by Crippen LogP contribution is -2.54. The van der Waals surface area contributed by atoms with Crippen molar-refractivity contribution < 1.29 is 47.0 Å². The van der Waals surface area contributed by atoms with Crippen LogP contribution in [0.5, 0.6) is 0 Å². The smallest absolute Gasteiger partial charge is 0.264 e. The number of amides is 5. The molecule has 5 amide bonds. The maximum Gasteiger partial charge on any atom is 0.264 e. The number of likely N-dealkylation sites (tertiary alicyclic amines) is 1. The molecule has 1 aromatic heterocycles. The van der Waals surface area contributed by atoms with Crippen LogP contribution in [0.2, 0.25) is 0 Å². The molecule has 8 rings (SSSR count). The monoisotopic (exact) mass is 936 g/mol. The lowest BCUT2D eigenvalue weighted by molar-refractivity contribution is -0.136. The van der Waals surface area contributed by atoms with Crippen molar-refractivity contribution in [3.05, 3.63) is 94.9 Å². The molecule has 3 saturated heterocycles. The van der Waals surface area contributed by atoms with E-state index in [1.165, 1.54) is 24.4 Å². The molecule has 0 bridgehead atoms. The third-order valence-electron chi connectivity index (χ3n) is 12.4. The molecule has 3 fully saturated rings. The Kier molecular flexibility index (Phi) is 15.8. The predicted octanol–water partition coefficient (Wildman–Crippen LogP) is 3.11. The quantitative estimate of drug-likeness (QED) is 0.0489. The topological polar surface area (TPSA) is 221 Å². The predicted molar refractivity (Wildman–Crippen MR) is 247 cm³/mol. The van der Waals surface area contributed by atoms with Crippen molar-refractivity contribution in [2.75, 3.05) is 90.8 Å². The number of fused-ring (bicyclic) bond motifs is 2. The summed E-state index contributed by atoms with van der Waals surface area (Å²) in [5.74, 6) is -3.62. The zero-order valence-corrected chi connectivity index (χ0v) is 37.5. The Bertz CT molecular complexity index is 2560. The Labute approximate surface area is 391 Å². The van der Waals surface area contributed by atoms with Gasteiger partial charge in [0.05, 0.1) is 80.2 Å². The molecule has 0 spiro atoms. The van der Waals surface area contributed by atoms with Crippen LogP contribution in [0, 0.1) is 17.0 Å². The number of carbonyl (C=O) groups excluding carboxylic acids is 5. The summed E-state index contributed by atoms with van der Waals surface area (Å²) < 4.78 is 47.4. The van der Waals surface area contributed by atoms with E-state index < -0.39 is 41.3 Å². The summed E-state index contributed by atoms with van der Waals surface area (Å²) in [5, 5.41) is 19.8. The number of imide groups is 2. The first-order valence-corrected chi connectivity index (χ1v) is 22.8. The fourth-order valence-electron chi connectivity index (χ4n) is 8.72. The van der Waals surface area contributed by atoms with Gasteiger partial charge in [0.15, 0.2) is 0 Å². The second-order valence-electron chi connectivity index (χ2n) is 16.9. The van der Waals surface area contributed by atoms with E-state index in [9.17, 15) is 24.0 Å². The van der Waals surface area contributed by atoms with Crippen LogP contribution in [-0.2, 0) is 35.1 Å². The normalized spacial score (nSPS) is 18.5. The number of morpholine rings is 1. The van der Waals surface area contributed by atoms with Crippen molar-refractivity contribution in [1.29, 1.82) is 5.41 Å². The highest BCUT2D eigenvalue weighted by atomic mass is 19.1. The molecule has 358 valence electrons. The number of nitrogens with zero attached hydrogens (tertiary/aromatic N) is 5. The Morgan fingerprint density at radius 2 is 1.60 bits per heavy atom. The minimum absolute atomic E-state index is 0.0172. The zero-order chi connectivity index (χ0) is 47.6. The Hall–Kier alpha value is -6.58. The molecule has 4 aromatic rings. The van der Waals surface area contributed by atoms with Crippen molar-refractivity contribution >= 4 is 58.0 Å². The van der Waals surface area contributed by atoms with Crippen LogP contribution in [0.15, 0.2) is 60.9 Å². The SMILES string of the molecule is N=C/C(=C\NC1CCN(CC(=O)NCCOCCOCCNc2cccc3c2C(=O)N(C2CCC(=O)NC2=O)C3=O)CC1)c1cnc2cccc(-c3cc(F)c(CN4CCOCC4)c(F)c3)c2n1. The molecule has 68 heavy (non-hydrogen) atoms. The van der Waals surface area contributed by atoms with Gasteiger partial charge in [-0.1, -0.05) is 18.2 Å². The Morgan fingerprint density at radius 1 is 0.882 bits per heavy atom. The van der Waals surface area contributed by atoms with Crippen LogP contribution < -0.4 is 21.3 Å². The number of ether oxygens (including phenoxy) is 3. The van der Waals surface area contributed by atoms with E-state index in [-0.39, 0.29) is 61.2 Å². The number of hydrogen-bond donors (Lipinski definition) is 5. The highest BCUT2D eigenvalue weighted by Gasteiger charge is 2.45. The van der Waals surface area contributed by atoms with Gasteiger partial charge in [-0.05, 0) is 55.2 Å². The van der Waals surface area contributed by atoms with Gasteiger partial charge in [-0.2, -0.15) is 0 Å². The first-order valence-electron chi connectivity index (χ1n) is 22.8. The Balaban J connectivity index is 0.715. The highest BCUT2D eigenvalue weighted by molar-refractivity contribution is 6.25. The van der Waals surface area contributed by atoms with Crippen LogP contribution in [-0.4, -0.2) is 158 Å². The maximum atomic E-state index is 15.4. The van der Waals surface area contributed by atoms with Gasteiger partial charge < -0.3 is 35.6 Å². The van der Waals surface area contributed by atoms with E-state index in [1.807, 2.05) is 4.90 Å². The van der Waals surface area contributed by atoms with E-state index >= 15 is 8.78 Å². The van der Waals surface area contributed by atoms with Crippen molar-refractivity contribution in [3.63, 3.8) is 0 Å². The number of hydrogen-bond acceptors (Lipinski definition) is 15. The second kappa shape index (κ2) is 22.5. The molecule has 3 aromatic carbocycles. The summed E-state index contributed by atoms with van der Waals surface area (Å²) in [6, 6.07) is 11.9. The van der Waals surface area contributed by atoms with Crippen LogP contribution in [0.4, 0.5) is 14.5 Å². The second-order valence-corrected chi connectivity index (χ2v) is 16.9. The Morgan fingerprint density at radius 3 is 2.34 bits per heavy atom. The third-order valence-corrected chi connectivity index (χ3v) is 12.4. The number of halogens is 2. The summed E-state index contributed by atoms with van der Waals surface area (Å²) in [6.45, 7) is 5.96. The molecule has 0 saturated carbocycles.